The predicted octanol–water partition coefficient (Wildman–Crippen LogP) is 5.10. The predicted molar refractivity (Wildman–Crippen MR) is 135 cm³/mol. The topological polar surface area (TPSA) is 98.0 Å². The molecule has 4 N–H and O–H groups in total. The summed E-state index contributed by atoms with van der Waals surface area (Å²) in [5.41, 5.74) is 0.0852. The Morgan fingerprint density at radius 2 is 1.66 bits per heavy atom. The first-order chi connectivity index (χ1) is 16.1. The summed E-state index contributed by atoms with van der Waals surface area (Å²) in [6, 6.07) is 0. The first-order valence-electron chi connectivity index (χ1n) is 13.8. The maximum atomic E-state index is 12.3. The number of carboxylic acid groups (broad SMARTS) is 1. The van der Waals surface area contributed by atoms with Crippen molar-refractivity contribution in [2.45, 2.75) is 105 Å². The molecule has 196 valence electrons. The Kier molecular flexibility index (Phi) is 5.42. The number of carbonyl (C=O) groups is 1. The van der Waals surface area contributed by atoms with Crippen LogP contribution >= 0.6 is 0 Å². The second kappa shape index (κ2) is 7.45. The maximum Gasteiger partial charge on any atom is 0.309 e. The number of aliphatic hydroxyl groups is 3. The summed E-state index contributed by atoms with van der Waals surface area (Å²) in [4.78, 5) is 12.3. The number of allylic oxidation sites excluding steroid dienone is 3. The summed E-state index contributed by atoms with van der Waals surface area (Å²) >= 11 is 0. The number of hydrogen-bond acceptors (Lipinski definition) is 4. The molecule has 0 heterocycles. The van der Waals surface area contributed by atoms with Crippen LogP contribution in [0.2, 0.25) is 0 Å². The molecule has 0 unspecified atom stereocenters. The van der Waals surface area contributed by atoms with Crippen molar-refractivity contribution >= 4 is 5.97 Å². The van der Waals surface area contributed by atoms with E-state index in [2.05, 4.69) is 46.8 Å². The van der Waals surface area contributed by atoms with Crippen LogP contribution in [0.25, 0.3) is 0 Å². The van der Waals surface area contributed by atoms with Crippen LogP contribution in [0.15, 0.2) is 23.3 Å². The fourth-order valence-electron chi connectivity index (χ4n) is 10.1. The lowest BCUT2D eigenvalue weighted by Gasteiger charge is -2.69. The van der Waals surface area contributed by atoms with Gasteiger partial charge in [0.25, 0.3) is 0 Å². The van der Waals surface area contributed by atoms with E-state index >= 15 is 0 Å². The normalized spacial score (nSPS) is 52.7. The SMILES string of the molecule is CC1(C)[C@@H](O)CC[C@]2(C)[C@H]3C=CC4=C5C[C@@](C)(C(=O)O)CC[C@]5(CO)[C@H](O)C[C@@]4(C)[C@]3(C)CC[C@@H]12. The molecule has 0 amide bonds. The molecule has 35 heavy (non-hydrogen) atoms. The van der Waals surface area contributed by atoms with Gasteiger partial charge in [-0.25, -0.2) is 0 Å². The average molecular weight is 487 g/mol. The van der Waals surface area contributed by atoms with Crippen molar-refractivity contribution in [3.05, 3.63) is 23.3 Å². The molecule has 3 fully saturated rings. The molecule has 3 saturated carbocycles. The van der Waals surface area contributed by atoms with Crippen LogP contribution in [-0.2, 0) is 4.79 Å². The summed E-state index contributed by atoms with van der Waals surface area (Å²) in [5, 5.41) is 43.2. The molecule has 5 aliphatic rings. The van der Waals surface area contributed by atoms with E-state index in [-0.39, 0.29) is 34.4 Å². The Bertz CT molecular complexity index is 997. The lowest BCUT2D eigenvalue weighted by molar-refractivity contribution is -0.189. The highest BCUT2D eigenvalue weighted by Crippen LogP contribution is 2.74. The fourth-order valence-corrected chi connectivity index (χ4v) is 10.1. The van der Waals surface area contributed by atoms with Gasteiger partial charge in [0.15, 0.2) is 0 Å². The first kappa shape index (κ1) is 25.5. The van der Waals surface area contributed by atoms with E-state index in [9.17, 15) is 25.2 Å². The minimum Gasteiger partial charge on any atom is -0.481 e. The summed E-state index contributed by atoms with van der Waals surface area (Å²) < 4.78 is 0. The Labute approximate surface area is 210 Å². The van der Waals surface area contributed by atoms with Crippen molar-refractivity contribution in [2.75, 3.05) is 6.61 Å². The molecule has 0 aromatic heterocycles. The molecular formula is C30H46O5. The van der Waals surface area contributed by atoms with Crippen LogP contribution in [-0.4, -0.2) is 45.2 Å². The van der Waals surface area contributed by atoms with Crippen molar-refractivity contribution in [2.24, 2.45) is 44.3 Å². The lowest BCUT2D eigenvalue weighted by atomic mass is 9.35. The number of hydrogen-bond donors (Lipinski definition) is 4. The van der Waals surface area contributed by atoms with Gasteiger partial charge in [0.05, 0.1) is 24.2 Å². The molecule has 5 aliphatic carbocycles. The summed E-state index contributed by atoms with van der Waals surface area (Å²) in [6.07, 6.45) is 9.53. The number of fused-ring (bicyclic) bond motifs is 6. The van der Waals surface area contributed by atoms with E-state index in [0.717, 1.165) is 31.3 Å². The fraction of sp³-hybridized carbons (Fsp3) is 0.833. The molecule has 0 spiro atoms. The third kappa shape index (κ3) is 2.95. The standard InChI is InChI=1S/C30H46O5/c1-25(2)20-9-12-28(5)21(27(20,4)11-10-22(25)32)8-7-18-19-15-26(3,24(34)35)13-14-30(19,17-31)23(33)16-29(18,28)6/h7-8,20-23,31-33H,9-17H2,1-6H3,(H,34,35)/t20-,21+,22-,23+,26-,27-,28+,29+,30+/m0/s1. The van der Waals surface area contributed by atoms with Crippen LogP contribution in [0.5, 0.6) is 0 Å². The number of carboxylic acids is 1. The van der Waals surface area contributed by atoms with Crippen LogP contribution < -0.4 is 0 Å². The van der Waals surface area contributed by atoms with E-state index < -0.39 is 22.9 Å². The molecule has 9 atom stereocenters. The molecular weight excluding hydrogens is 440 g/mol. The van der Waals surface area contributed by atoms with Gasteiger partial charge in [0.1, 0.15) is 0 Å². The molecule has 5 nitrogen and oxygen atoms in total. The minimum absolute atomic E-state index is 0.0596. The van der Waals surface area contributed by atoms with Crippen LogP contribution in [0.3, 0.4) is 0 Å². The molecule has 0 aliphatic heterocycles. The maximum absolute atomic E-state index is 12.3. The zero-order valence-electron chi connectivity index (χ0n) is 22.5. The number of aliphatic carboxylic acids is 1. The van der Waals surface area contributed by atoms with Gasteiger partial charge in [-0.3, -0.25) is 4.79 Å². The van der Waals surface area contributed by atoms with Crippen molar-refractivity contribution < 1.29 is 25.2 Å². The summed E-state index contributed by atoms with van der Waals surface area (Å²) in [5.74, 6) is -0.0498. The zero-order valence-corrected chi connectivity index (χ0v) is 22.5. The second-order valence-electron chi connectivity index (χ2n) is 14.5. The van der Waals surface area contributed by atoms with Crippen LogP contribution in [0.4, 0.5) is 0 Å². The lowest BCUT2D eigenvalue weighted by Crippen LogP contribution is -2.64. The van der Waals surface area contributed by atoms with Crippen molar-refractivity contribution in [1.82, 2.24) is 0 Å². The summed E-state index contributed by atoms with van der Waals surface area (Å²) in [6.45, 7) is 13.3. The highest BCUT2D eigenvalue weighted by molar-refractivity contribution is 5.75. The molecule has 0 aromatic carbocycles. The molecule has 0 radical (unpaired) electrons. The van der Waals surface area contributed by atoms with Gasteiger partial charge in [-0.2, -0.15) is 0 Å². The molecule has 0 bridgehead atoms. The van der Waals surface area contributed by atoms with Gasteiger partial charge < -0.3 is 20.4 Å². The monoisotopic (exact) mass is 486 g/mol. The molecule has 0 saturated heterocycles. The number of aliphatic hydroxyl groups excluding tert-OH is 3. The summed E-state index contributed by atoms with van der Waals surface area (Å²) in [7, 11) is 0. The second-order valence-corrected chi connectivity index (χ2v) is 14.5. The minimum atomic E-state index is -0.877. The Balaban J connectivity index is 1.69. The Morgan fingerprint density at radius 3 is 2.29 bits per heavy atom. The van der Waals surface area contributed by atoms with Gasteiger partial charge in [0.2, 0.25) is 0 Å². The largest absolute Gasteiger partial charge is 0.481 e. The van der Waals surface area contributed by atoms with Crippen LogP contribution in [0.1, 0.15) is 92.9 Å². The van der Waals surface area contributed by atoms with Gasteiger partial charge in [-0.1, -0.05) is 52.3 Å². The molecule has 0 aromatic rings. The molecule has 5 rings (SSSR count). The van der Waals surface area contributed by atoms with Gasteiger partial charge >= 0.3 is 5.97 Å². The van der Waals surface area contributed by atoms with E-state index in [1.807, 2.05) is 6.92 Å². The van der Waals surface area contributed by atoms with E-state index in [1.54, 1.807) is 0 Å². The van der Waals surface area contributed by atoms with Gasteiger partial charge in [-0.05, 0) is 91.9 Å². The third-order valence-electron chi connectivity index (χ3n) is 12.8. The van der Waals surface area contributed by atoms with Gasteiger partial charge in [0, 0.05) is 10.8 Å². The third-order valence-corrected chi connectivity index (χ3v) is 12.8. The zero-order chi connectivity index (χ0) is 25.8. The van der Waals surface area contributed by atoms with E-state index in [0.29, 0.717) is 37.5 Å². The first-order valence-corrected chi connectivity index (χ1v) is 13.8. The van der Waals surface area contributed by atoms with Crippen molar-refractivity contribution in [3.8, 4) is 0 Å². The molecule has 5 heteroatoms. The number of rotatable bonds is 2. The van der Waals surface area contributed by atoms with Crippen molar-refractivity contribution in [1.29, 1.82) is 0 Å². The average Bonchev–Trinajstić information content (AvgIpc) is 2.77. The smallest absolute Gasteiger partial charge is 0.309 e. The Morgan fingerprint density at radius 1 is 0.971 bits per heavy atom. The van der Waals surface area contributed by atoms with Crippen LogP contribution in [0, 0.1) is 44.3 Å². The highest BCUT2D eigenvalue weighted by Gasteiger charge is 2.68. The highest BCUT2D eigenvalue weighted by atomic mass is 16.4. The quantitative estimate of drug-likeness (QED) is 0.435. The van der Waals surface area contributed by atoms with E-state index in [4.69, 9.17) is 0 Å². The Hall–Kier alpha value is -1.17. The van der Waals surface area contributed by atoms with Crippen molar-refractivity contribution in [3.63, 3.8) is 0 Å². The van der Waals surface area contributed by atoms with E-state index in [1.165, 1.54) is 5.57 Å². The van der Waals surface area contributed by atoms with Gasteiger partial charge in [-0.15, -0.1) is 0 Å².